The van der Waals surface area contributed by atoms with Crippen molar-refractivity contribution in [1.82, 2.24) is 9.97 Å². The fraction of sp³-hybridized carbons (Fsp3) is 0.292. The highest BCUT2D eigenvalue weighted by atomic mass is 16.5. The molecule has 0 spiro atoms. The number of anilines is 2. The molecule has 1 aliphatic rings. The first-order valence-corrected chi connectivity index (χ1v) is 10.3. The standard InChI is InChI=1S/C24H26N4O3/c1-30-20-10-11-21(22(13-20)31-2)27-23(29)18-9-6-12-28(16-18)24-25-14-19(15-26-24)17-7-4-3-5-8-17/h3-5,7-8,10-11,13-15,18H,6,9,12,16H2,1-2H3,(H,27,29)/t18-/m0/s1. The van der Waals surface area contributed by atoms with Gasteiger partial charge < -0.3 is 19.7 Å². The summed E-state index contributed by atoms with van der Waals surface area (Å²) in [5, 5.41) is 3.00. The number of benzene rings is 2. The number of rotatable bonds is 6. The number of hydrogen-bond donors (Lipinski definition) is 1. The van der Waals surface area contributed by atoms with E-state index >= 15 is 0 Å². The molecule has 1 atom stereocenters. The molecule has 2 aromatic carbocycles. The van der Waals surface area contributed by atoms with Gasteiger partial charge >= 0.3 is 0 Å². The van der Waals surface area contributed by atoms with Gasteiger partial charge in [-0.15, -0.1) is 0 Å². The molecule has 0 unspecified atom stereocenters. The SMILES string of the molecule is COc1ccc(NC(=O)[C@H]2CCCN(c3ncc(-c4ccccc4)cn3)C2)c(OC)c1. The normalized spacial score (nSPS) is 15.9. The van der Waals surface area contributed by atoms with E-state index in [1.807, 2.05) is 42.7 Å². The highest BCUT2D eigenvalue weighted by Gasteiger charge is 2.27. The summed E-state index contributed by atoms with van der Waals surface area (Å²) in [5.74, 6) is 1.71. The molecule has 31 heavy (non-hydrogen) atoms. The van der Waals surface area contributed by atoms with Gasteiger partial charge in [-0.05, 0) is 30.5 Å². The molecule has 1 N–H and O–H groups in total. The molecule has 1 amide bonds. The molecule has 0 saturated carbocycles. The Morgan fingerprint density at radius 2 is 1.81 bits per heavy atom. The van der Waals surface area contributed by atoms with Crippen LogP contribution in [0.25, 0.3) is 11.1 Å². The second kappa shape index (κ2) is 9.47. The van der Waals surface area contributed by atoms with Crippen LogP contribution in [0.2, 0.25) is 0 Å². The van der Waals surface area contributed by atoms with E-state index in [2.05, 4.69) is 20.2 Å². The van der Waals surface area contributed by atoms with Gasteiger partial charge in [-0.1, -0.05) is 30.3 Å². The van der Waals surface area contributed by atoms with E-state index in [-0.39, 0.29) is 11.8 Å². The number of hydrogen-bond acceptors (Lipinski definition) is 6. The van der Waals surface area contributed by atoms with Gasteiger partial charge in [-0.2, -0.15) is 0 Å². The van der Waals surface area contributed by atoms with E-state index in [0.29, 0.717) is 29.7 Å². The Hall–Kier alpha value is -3.61. The van der Waals surface area contributed by atoms with E-state index in [9.17, 15) is 4.79 Å². The molecule has 4 rings (SSSR count). The van der Waals surface area contributed by atoms with E-state index in [1.165, 1.54) is 0 Å². The lowest BCUT2D eigenvalue weighted by Crippen LogP contribution is -2.41. The highest BCUT2D eigenvalue weighted by molar-refractivity contribution is 5.94. The van der Waals surface area contributed by atoms with Crippen LogP contribution in [0, 0.1) is 5.92 Å². The molecule has 1 fully saturated rings. The van der Waals surface area contributed by atoms with Gasteiger partial charge in [0.1, 0.15) is 11.5 Å². The maximum absolute atomic E-state index is 12.9. The number of ether oxygens (including phenoxy) is 2. The Labute approximate surface area is 182 Å². The Balaban J connectivity index is 1.43. The predicted molar refractivity (Wildman–Crippen MR) is 121 cm³/mol. The Bertz CT molecular complexity index is 1020. The minimum Gasteiger partial charge on any atom is -0.497 e. The first-order valence-electron chi connectivity index (χ1n) is 10.3. The van der Waals surface area contributed by atoms with Gasteiger partial charge in [-0.25, -0.2) is 9.97 Å². The average molecular weight is 418 g/mol. The highest BCUT2D eigenvalue weighted by Crippen LogP contribution is 2.30. The van der Waals surface area contributed by atoms with Gasteiger partial charge in [0.05, 0.1) is 25.8 Å². The maximum atomic E-state index is 12.9. The van der Waals surface area contributed by atoms with Crippen molar-refractivity contribution in [3.05, 3.63) is 60.9 Å². The number of nitrogens with one attached hydrogen (secondary N) is 1. The number of nitrogens with zero attached hydrogens (tertiary/aromatic N) is 3. The molecule has 1 aromatic heterocycles. The molecular weight excluding hydrogens is 392 g/mol. The van der Waals surface area contributed by atoms with Gasteiger partial charge in [-0.3, -0.25) is 4.79 Å². The first-order chi connectivity index (χ1) is 15.2. The monoisotopic (exact) mass is 418 g/mol. The van der Waals surface area contributed by atoms with Crippen molar-refractivity contribution in [1.29, 1.82) is 0 Å². The molecule has 2 heterocycles. The molecule has 0 radical (unpaired) electrons. The largest absolute Gasteiger partial charge is 0.497 e. The zero-order valence-corrected chi connectivity index (χ0v) is 17.7. The third kappa shape index (κ3) is 4.77. The number of methoxy groups -OCH3 is 2. The Kier molecular flexibility index (Phi) is 6.31. The molecule has 3 aromatic rings. The minimum absolute atomic E-state index is 0.0333. The second-order valence-electron chi connectivity index (χ2n) is 7.48. The average Bonchev–Trinajstić information content (AvgIpc) is 2.85. The predicted octanol–water partition coefficient (Wildman–Crippen LogP) is 4.02. The number of amides is 1. The first kappa shape index (κ1) is 20.7. The van der Waals surface area contributed by atoms with Gasteiger partial charge in [0, 0.05) is 37.1 Å². The molecule has 1 saturated heterocycles. The van der Waals surface area contributed by atoms with Crippen molar-refractivity contribution < 1.29 is 14.3 Å². The number of carbonyl (C=O) groups is 1. The van der Waals surface area contributed by atoms with Crippen molar-refractivity contribution >= 4 is 17.5 Å². The third-order valence-corrected chi connectivity index (χ3v) is 5.49. The van der Waals surface area contributed by atoms with Crippen LogP contribution in [0.5, 0.6) is 11.5 Å². The zero-order chi connectivity index (χ0) is 21.6. The van der Waals surface area contributed by atoms with E-state index in [4.69, 9.17) is 9.47 Å². The number of piperidine rings is 1. The van der Waals surface area contributed by atoms with E-state index in [0.717, 1.165) is 30.5 Å². The summed E-state index contributed by atoms with van der Waals surface area (Å²) in [5.41, 5.74) is 2.69. The minimum atomic E-state index is -0.155. The van der Waals surface area contributed by atoms with E-state index < -0.39 is 0 Å². The smallest absolute Gasteiger partial charge is 0.229 e. The summed E-state index contributed by atoms with van der Waals surface area (Å²) in [6.07, 6.45) is 5.40. The van der Waals surface area contributed by atoms with Crippen LogP contribution >= 0.6 is 0 Å². The molecular formula is C24H26N4O3. The topological polar surface area (TPSA) is 76.6 Å². The number of carbonyl (C=O) groups excluding carboxylic acids is 1. The van der Waals surface area contributed by atoms with Crippen LogP contribution in [0.15, 0.2) is 60.9 Å². The fourth-order valence-corrected chi connectivity index (χ4v) is 3.77. The lowest BCUT2D eigenvalue weighted by molar-refractivity contribution is -0.120. The molecule has 0 aliphatic carbocycles. The number of aromatic nitrogens is 2. The summed E-state index contributed by atoms with van der Waals surface area (Å²) >= 11 is 0. The van der Waals surface area contributed by atoms with Crippen LogP contribution in [0.3, 0.4) is 0 Å². The summed E-state index contributed by atoms with van der Waals surface area (Å²) < 4.78 is 10.6. The van der Waals surface area contributed by atoms with Crippen molar-refractivity contribution in [3.63, 3.8) is 0 Å². The molecule has 1 aliphatic heterocycles. The fourth-order valence-electron chi connectivity index (χ4n) is 3.77. The van der Waals surface area contributed by atoms with Gasteiger partial charge in [0.15, 0.2) is 0 Å². The second-order valence-corrected chi connectivity index (χ2v) is 7.48. The van der Waals surface area contributed by atoms with Crippen molar-refractivity contribution in [2.24, 2.45) is 5.92 Å². The van der Waals surface area contributed by atoms with Gasteiger partial charge in [0.2, 0.25) is 11.9 Å². The van der Waals surface area contributed by atoms with Crippen molar-refractivity contribution in [2.75, 3.05) is 37.5 Å². The molecule has 0 bridgehead atoms. The molecule has 7 nitrogen and oxygen atoms in total. The van der Waals surface area contributed by atoms with Crippen molar-refractivity contribution in [2.45, 2.75) is 12.8 Å². The van der Waals surface area contributed by atoms with Crippen LogP contribution in [0.4, 0.5) is 11.6 Å². The summed E-state index contributed by atoms with van der Waals surface area (Å²) in [4.78, 5) is 24.1. The molecule has 7 heteroatoms. The zero-order valence-electron chi connectivity index (χ0n) is 17.7. The van der Waals surface area contributed by atoms with Crippen LogP contribution in [0.1, 0.15) is 12.8 Å². The van der Waals surface area contributed by atoms with Crippen LogP contribution in [-0.4, -0.2) is 43.2 Å². The lowest BCUT2D eigenvalue weighted by Gasteiger charge is -2.32. The molecule has 160 valence electrons. The Morgan fingerprint density at radius 1 is 1.03 bits per heavy atom. The maximum Gasteiger partial charge on any atom is 0.229 e. The van der Waals surface area contributed by atoms with Crippen LogP contribution in [-0.2, 0) is 4.79 Å². The third-order valence-electron chi connectivity index (χ3n) is 5.49. The Morgan fingerprint density at radius 3 is 2.52 bits per heavy atom. The quantitative estimate of drug-likeness (QED) is 0.652. The lowest BCUT2D eigenvalue weighted by atomic mass is 9.97. The van der Waals surface area contributed by atoms with Crippen LogP contribution < -0.4 is 19.7 Å². The summed E-state index contributed by atoms with van der Waals surface area (Å²) in [7, 11) is 3.17. The van der Waals surface area contributed by atoms with Gasteiger partial charge in [0.25, 0.3) is 0 Å². The van der Waals surface area contributed by atoms with Crippen molar-refractivity contribution in [3.8, 4) is 22.6 Å². The summed E-state index contributed by atoms with van der Waals surface area (Å²) in [6.45, 7) is 1.41. The summed E-state index contributed by atoms with van der Waals surface area (Å²) in [6, 6.07) is 15.4. The van der Waals surface area contributed by atoms with E-state index in [1.54, 1.807) is 32.4 Å².